The first-order valence-electron chi connectivity index (χ1n) is 10.2. The van der Waals surface area contributed by atoms with Crippen LogP contribution in [0.4, 0.5) is 18.6 Å². The fourth-order valence-corrected chi connectivity index (χ4v) is 3.77. The first kappa shape index (κ1) is 25.7. The van der Waals surface area contributed by atoms with Gasteiger partial charge in [-0.05, 0) is 49.8 Å². The van der Waals surface area contributed by atoms with E-state index in [1.807, 2.05) is 18.7 Å². The molecule has 0 aliphatic heterocycles. The van der Waals surface area contributed by atoms with Crippen LogP contribution in [-0.2, 0) is 0 Å². The molecule has 2 rings (SSSR count). The van der Waals surface area contributed by atoms with Gasteiger partial charge in [0.2, 0.25) is 5.88 Å². The SMILES string of the molecule is CCN(CC)CC(O)CNC(=O)Nc1snc(OCC2C=C(F)C=CC2(C)F)c1C(N)=O. The van der Waals surface area contributed by atoms with E-state index in [9.17, 15) is 23.5 Å². The Morgan fingerprint density at radius 3 is 2.75 bits per heavy atom. The van der Waals surface area contributed by atoms with E-state index < -0.39 is 35.5 Å². The molecule has 1 aromatic rings. The number of aliphatic hydroxyl groups is 1. The Balaban J connectivity index is 1.98. The molecule has 3 atom stereocenters. The second-order valence-electron chi connectivity index (χ2n) is 7.48. The summed E-state index contributed by atoms with van der Waals surface area (Å²) in [6, 6.07) is -0.667. The summed E-state index contributed by atoms with van der Waals surface area (Å²) in [4.78, 5) is 26.1. The number of amides is 3. The largest absolute Gasteiger partial charge is 0.476 e. The maximum Gasteiger partial charge on any atom is 0.320 e. The monoisotopic (exact) mass is 473 g/mol. The summed E-state index contributed by atoms with van der Waals surface area (Å²) >= 11 is 0.756. The molecule has 0 saturated carbocycles. The number of carbonyl (C=O) groups is 2. The zero-order valence-corrected chi connectivity index (χ0v) is 19.0. The number of alkyl halides is 1. The van der Waals surface area contributed by atoms with E-state index >= 15 is 0 Å². The van der Waals surface area contributed by atoms with Crippen molar-refractivity contribution in [1.82, 2.24) is 14.6 Å². The molecule has 3 amide bonds. The lowest BCUT2D eigenvalue weighted by molar-refractivity contribution is 0.0991. The zero-order valence-electron chi connectivity index (χ0n) is 18.2. The molecule has 3 unspecified atom stereocenters. The van der Waals surface area contributed by atoms with E-state index in [1.165, 1.54) is 6.92 Å². The van der Waals surface area contributed by atoms with E-state index in [1.54, 1.807) is 0 Å². The summed E-state index contributed by atoms with van der Waals surface area (Å²) < 4.78 is 37.4. The van der Waals surface area contributed by atoms with Crippen LogP contribution in [0.1, 0.15) is 31.1 Å². The second-order valence-corrected chi connectivity index (χ2v) is 8.26. The number of primary amides is 1. The van der Waals surface area contributed by atoms with Gasteiger partial charge in [-0.3, -0.25) is 10.1 Å². The average molecular weight is 474 g/mol. The fourth-order valence-electron chi connectivity index (χ4n) is 3.04. The van der Waals surface area contributed by atoms with Crippen molar-refractivity contribution in [2.45, 2.75) is 32.5 Å². The highest BCUT2D eigenvalue weighted by atomic mass is 32.1. The topological polar surface area (TPSA) is 130 Å². The van der Waals surface area contributed by atoms with Crippen LogP contribution in [0, 0.1) is 5.92 Å². The van der Waals surface area contributed by atoms with Crippen LogP contribution in [-0.4, -0.2) is 70.9 Å². The standard InChI is InChI=1S/C20H29F2N5O4S/c1-4-27(5-2)10-14(28)9-24-19(30)25-18-15(16(23)29)17(26-32-18)31-11-12-8-13(21)6-7-20(12,3)22/h6-8,12,14,28H,4-5,9-11H2,1-3H3,(H2,23,29)(H2,24,25,30). The second kappa shape index (κ2) is 11.3. The highest BCUT2D eigenvalue weighted by molar-refractivity contribution is 7.11. The van der Waals surface area contributed by atoms with Crippen LogP contribution in [0.15, 0.2) is 24.1 Å². The molecule has 32 heavy (non-hydrogen) atoms. The molecular formula is C20H29F2N5O4S. The number of carbonyl (C=O) groups excluding carboxylic acids is 2. The molecule has 0 aromatic carbocycles. The van der Waals surface area contributed by atoms with Crippen molar-refractivity contribution in [3.8, 4) is 5.88 Å². The number of anilines is 1. The number of aliphatic hydroxyl groups excluding tert-OH is 1. The molecule has 1 aromatic heterocycles. The quantitative estimate of drug-likeness (QED) is 0.390. The lowest BCUT2D eigenvalue weighted by Crippen LogP contribution is -2.41. The van der Waals surface area contributed by atoms with Crippen molar-refractivity contribution < 1.29 is 28.2 Å². The number of ether oxygens (including phenoxy) is 1. The minimum atomic E-state index is -1.84. The molecule has 0 bridgehead atoms. The molecule has 0 spiro atoms. The maximum atomic E-state index is 14.5. The molecule has 12 heteroatoms. The smallest absolute Gasteiger partial charge is 0.320 e. The van der Waals surface area contributed by atoms with Crippen molar-refractivity contribution >= 4 is 28.5 Å². The number of nitrogens with zero attached hydrogens (tertiary/aromatic N) is 2. The Kier molecular flexibility index (Phi) is 9.10. The van der Waals surface area contributed by atoms with Crippen molar-refractivity contribution in [2.24, 2.45) is 11.7 Å². The summed E-state index contributed by atoms with van der Waals surface area (Å²) in [6.07, 6.45) is 2.45. The van der Waals surface area contributed by atoms with Crippen LogP contribution in [0.3, 0.4) is 0 Å². The Morgan fingerprint density at radius 1 is 1.44 bits per heavy atom. The van der Waals surface area contributed by atoms with Crippen LogP contribution in [0.2, 0.25) is 0 Å². The predicted molar refractivity (Wildman–Crippen MR) is 118 cm³/mol. The lowest BCUT2D eigenvalue weighted by atomic mass is 9.87. The van der Waals surface area contributed by atoms with Gasteiger partial charge in [-0.25, -0.2) is 13.6 Å². The summed E-state index contributed by atoms with van der Waals surface area (Å²) in [6.45, 7) is 6.86. The molecular weight excluding hydrogens is 444 g/mol. The van der Waals surface area contributed by atoms with Gasteiger partial charge in [-0.1, -0.05) is 13.8 Å². The molecule has 9 nitrogen and oxygen atoms in total. The van der Waals surface area contributed by atoms with E-state index in [0.29, 0.717) is 6.54 Å². The number of nitrogens with one attached hydrogen (secondary N) is 2. The Hall–Kier alpha value is -2.57. The van der Waals surface area contributed by atoms with Crippen LogP contribution in [0.5, 0.6) is 5.88 Å². The number of hydrogen-bond donors (Lipinski definition) is 4. The van der Waals surface area contributed by atoms with Crippen molar-refractivity contribution in [3.63, 3.8) is 0 Å². The molecule has 1 heterocycles. The summed E-state index contributed by atoms with van der Waals surface area (Å²) in [5, 5.41) is 15.0. The number of rotatable bonds is 11. The van der Waals surface area contributed by atoms with Gasteiger partial charge in [-0.2, -0.15) is 4.37 Å². The number of aromatic nitrogens is 1. The van der Waals surface area contributed by atoms with E-state index in [0.717, 1.165) is 42.9 Å². The van der Waals surface area contributed by atoms with Crippen LogP contribution in [0.25, 0.3) is 0 Å². The van der Waals surface area contributed by atoms with Gasteiger partial charge in [0.05, 0.1) is 18.6 Å². The minimum absolute atomic E-state index is 0.00141. The summed E-state index contributed by atoms with van der Waals surface area (Å²) in [7, 11) is 0. The van der Waals surface area contributed by atoms with Crippen molar-refractivity contribution in [3.05, 3.63) is 29.6 Å². The Morgan fingerprint density at radius 2 is 2.12 bits per heavy atom. The summed E-state index contributed by atoms with van der Waals surface area (Å²) in [5.41, 5.74) is 3.38. The number of nitrogens with two attached hydrogens (primary N) is 1. The zero-order chi connectivity index (χ0) is 23.9. The van der Waals surface area contributed by atoms with Crippen LogP contribution < -0.4 is 21.1 Å². The van der Waals surface area contributed by atoms with Crippen molar-refractivity contribution in [1.29, 1.82) is 0 Å². The van der Waals surface area contributed by atoms with Gasteiger partial charge in [0.15, 0.2) is 0 Å². The third-order valence-electron chi connectivity index (χ3n) is 5.05. The first-order chi connectivity index (χ1) is 15.1. The van der Waals surface area contributed by atoms with Gasteiger partial charge < -0.3 is 25.8 Å². The van der Waals surface area contributed by atoms with Gasteiger partial charge in [-0.15, -0.1) is 0 Å². The Bertz CT molecular complexity index is 870. The predicted octanol–water partition coefficient (Wildman–Crippen LogP) is 2.21. The molecule has 178 valence electrons. The van der Waals surface area contributed by atoms with Gasteiger partial charge in [0, 0.05) is 13.1 Å². The number of hydrogen-bond acceptors (Lipinski definition) is 7. The van der Waals surface area contributed by atoms with Gasteiger partial charge in [0.1, 0.15) is 22.1 Å². The highest BCUT2D eigenvalue weighted by Crippen LogP contribution is 2.34. The van der Waals surface area contributed by atoms with E-state index in [2.05, 4.69) is 15.0 Å². The highest BCUT2D eigenvalue weighted by Gasteiger charge is 2.34. The molecule has 0 radical (unpaired) electrons. The van der Waals surface area contributed by atoms with Crippen LogP contribution >= 0.6 is 11.5 Å². The summed E-state index contributed by atoms with van der Waals surface area (Å²) in [5.74, 6) is -2.62. The number of likely N-dealkylation sites (N-methyl/N-ethyl adjacent to an activating group) is 1. The third kappa shape index (κ3) is 6.97. The van der Waals surface area contributed by atoms with E-state index in [4.69, 9.17) is 10.5 Å². The molecule has 5 N–H and O–H groups in total. The Labute approximate surface area is 189 Å². The third-order valence-corrected chi connectivity index (χ3v) is 5.80. The number of halogens is 2. The number of allylic oxidation sites excluding steroid dienone is 3. The van der Waals surface area contributed by atoms with E-state index in [-0.39, 0.29) is 29.6 Å². The molecule has 0 fully saturated rings. The molecule has 0 saturated heterocycles. The normalized spacial score (nSPS) is 21.2. The van der Waals surface area contributed by atoms with Gasteiger partial charge >= 0.3 is 6.03 Å². The first-order valence-corrected chi connectivity index (χ1v) is 11.0. The maximum absolute atomic E-state index is 14.5. The molecule has 1 aliphatic rings. The lowest BCUT2D eigenvalue weighted by Gasteiger charge is -2.27. The van der Waals surface area contributed by atoms with Crippen molar-refractivity contribution in [2.75, 3.05) is 38.1 Å². The minimum Gasteiger partial charge on any atom is -0.476 e. The molecule has 1 aliphatic carbocycles. The van der Waals surface area contributed by atoms with Gasteiger partial charge in [0.25, 0.3) is 5.91 Å². The average Bonchev–Trinajstić information content (AvgIpc) is 3.13. The number of urea groups is 1. The fraction of sp³-hybridized carbons (Fsp3) is 0.550.